The van der Waals surface area contributed by atoms with E-state index in [4.69, 9.17) is 4.74 Å². The predicted molar refractivity (Wildman–Crippen MR) is 206 cm³/mol. The largest absolute Gasteiger partial charge is 0.510 e. The summed E-state index contributed by atoms with van der Waals surface area (Å²) < 4.78 is 14.8. The molecule has 0 aliphatic carbocycles. The molecule has 5 aromatic carbocycles. The molecule has 8 aromatic rings. The van der Waals surface area contributed by atoms with Gasteiger partial charge in [0, 0.05) is 50.5 Å². The first kappa shape index (κ1) is 36.1. The second-order valence-corrected chi connectivity index (χ2v) is 14.9. The van der Waals surface area contributed by atoms with Crippen molar-refractivity contribution < 1.29 is 30.4 Å². The topological polar surface area (TPSA) is 53.7 Å². The summed E-state index contributed by atoms with van der Waals surface area (Å²) in [6.45, 7) is 18.0. The molecule has 0 spiro atoms. The monoisotopic (exact) mass is 877 g/mol. The fraction of sp³-hybridized carbons (Fsp3) is 0.222. The van der Waals surface area contributed by atoms with Crippen LogP contribution in [0.1, 0.15) is 60.0 Å². The van der Waals surface area contributed by atoms with Gasteiger partial charge in [0.05, 0.1) is 17.9 Å². The Balaban J connectivity index is 0.00000435. The Kier molecular flexibility index (Phi) is 9.50. The average molecular weight is 878 g/mol. The minimum Gasteiger partial charge on any atom is -0.510 e. The van der Waals surface area contributed by atoms with Gasteiger partial charge in [0.25, 0.3) is 6.33 Å². The number of fused-ring (bicyclic) bond motifs is 3. The Morgan fingerprint density at radius 3 is 2.26 bits per heavy atom. The maximum Gasteiger partial charge on any atom is 0.267 e. The summed E-state index contributed by atoms with van der Waals surface area (Å²) in [7, 11) is 0. The van der Waals surface area contributed by atoms with E-state index in [2.05, 4.69) is 148 Å². The van der Waals surface area contributed by atoms with E-state index in [1.54, 1.807) is 0 Å². The summed E-state index contributed by atoms with van der Waals surface area (Å²) in [5.41, 5.74) is 12.6. The van der Waals surface area contributed by atoms with Gasteiger partial charge in [-0.1, -0.05) is 68.2 Å². The zero-order valence-electron chi connectivity index (χ0n) is 31.4. The predicted octanol–water partition coefficient (Wildman–Crippen LogP) is 9.52. The van der Waals surface area contributed by atoms with Gasteiger partial charge >= 0.3 is 0 Å². The maximum atomic E-state index is 6.45. The van der Waals surface area contributed by atoms with Crippen LogP contribution in [-0.4, -0.2) is 23.9 Å². The average Bonchev–Trinajstić information content (AvgIpc) is 3.85. The van der Waals surface area contributed by atoms with Gasteiger partial charge in [-0.05, 0) is 91.1 Å². The molecule has 0 fully saturated rings. The van der Waals surface area contributed by atoms with Gasteiger partial charge in [-0.2, -0.15) is 18.2 Å². The Morgan fingerprint density at radius 2 is 1.49 bits per heavy atom. The van der Waals surface area contributed by atoms with Gasteiger partial charge in [0.2, 0.25) is 0 Å². The third kappa shape index (κ3) is 6.75. The molecule has 0 amide bonds. The second-order valence-electron chi connectivity index (χ2n) is 14.9. The van der Waals surface area contributed by atoms with Crippen LogP contribution < -0.4 is 9.30 Å². The maximum absolute atomic E-state index is 6.45. The molecule has 8 heteroatoms. The van der Waals surface area contributed by atoms with Crippen molar-refractivity contribution in [3.63, 3.8) is 0 Å². The van der Waals surface area contributed by atoms with Gasteiger partial charge in [0.15, 0.2) is 5.82 Å². The van der Waals surface area contributed by atoms with Gasteiger partial charge in [-0.3, -0.25) is 9.13 Å². The number of benzene rings is 5. The Labute approximate surface area is 325 Å². The van der Waals surface area contributed by atoms with Gasteiger partial charge in [0.1, 0.15) is 6.33 Å². The molecule has 0 unspecified atom stereocenters. The molecule has 0 saturated carbocycles. The molecule has 7 nitrogen and oxygen atoms in total. The number of hydrogen-bond donors (Lipinski definition) is 0. The first-order valence-corrected chi connectivity index (χ1v) is 17.7. The molecule has 270 valence electrons. The molecule has 0 bridgehead atoms. The smallest absolute Gasteiger partial charge is 0.267 e. The van der Waals surface area contributed by atoms with Crippen molar-refractivity contribution in [2.24, 2.45) is 0 Å². The van der Waals surface area contributed by atoms with Crippen LogP contribution in [0, 0.1) is 53.1 Å². The van der Waals surface area contributed by atoms with Gasteiger partial charge in [-0.15, -0.1) is 39.8 Å². The van der Waals surface area contributed by atoms with Gasteiger partial charge in [-0.25, -0.2) is 0 Å². The van der Waals surface area contributed by atoms with Crippen molar-refractivity contribution in [2.45, 2.75) is 67.3 Å². The number of aromatic nitrogens is 6. The minimum atomic E-state index is 0. The Morgan fingerprint density at radius 1 is 0.755 bits per heavy atom. The minimum absolute atomic E-state index is 0. The number of ether oxygens (including phenoxy) is 1. The van der Waals surface area contributed by atoms with Crippen LogP contribution in [-0.2, 0) is 33.0 Å². The van der Waals surface area contributed by atoms with Gasteiger partial charge < -0.3 is 13.9 Å². The van der Waals surface area contributed by atoms with E-state index in [0.29, 0.717) is 18.0 Å². The standard InChI is InChI=1S/C45H42N6O.Pt/c1-29-20-31(3)41(23-30(29)2)49-19-18-48(28-49)35-12-11-13-36(24-35)52-37-16-17-39-38-14-9-10-15-40(38)50(42(39)25-37)26-43-47-46-27-51(43)44-32(4)21-34(22-33(44)5)45(6,7)8;/h9-23,27H,26H2,1-8H3;/q-2;. The third-order valence-electron chi connectivity index (χ3n) is 10.1. The van der Waals surface area contributed by atoms with Crippen molar-refractivity contribution in [1.29, 1.82) is 0 Å². The van der Waals surface area contributed by atoms with Crippen molar-refractivity contribution in [1.82, 2.24) is 23.9 Å². The summed E-state index contributed by atoms with van der Waals surface area (Å²) in [5.74, 6) is 2.04. The summed E-state index contributed by atoms with van der Waals surface area (Å²) in [6.07, 6.45) is 9.27. The summed E-state index contributed by atoms with van der Waals surface area (Å²) >= 11 is 0. The molecule has 0 atom stereocenters. The molecule has 53 heavy (non-hydrogen) atoms. The van der Waals surface area contributed by atoms with Crippen molar-refractivity contribution in [3.05, 3.63) is 155 Å². The molecule has 3 heterocycles. The van der Waals surface area contributed by atoms with Crippen molar-refractivity contribution in [3.8, 4) is 28.6 Å². The van der Waals surface area contributed by atoms with E-state index < -0.39 is 0 Å². The molecule has 0 N–H and O–H groups in total. The van der Waals surface area contributed by atoms with E-state index in [9.17, 15) is 0 Å². The van der Waals surface area contributed by atoms with E-state index >= 15 is 0 Å². The first-order chi connectivity index (χ1) is 24.9. The van der Waals surface area contributed by atoms with Crippen LogP contribution in [0.2, 0.25) is 0 Å². The number of nitrogens with zero attached hydrogens (tertiary/aromatic N) is 6. The molecule has 0 aliphatic heterocycles. The van der Waals surface area contributed by atoms with Crippen molar-refractivity contribution in [2.75, 3.05) is 0 Å². The summed E-state index contributed by atoms with van der Waals surface area (Å²) in [4.78, 5) is 0. The zero-order chi connectivity index (χ0) is 36.3. The number of para-hydroxylation sites is 1. The SMILES string of the molecule is Cc1cc(C)c(-[n+]2[c-]n(-c3[c-]c(Oc4[c-]c5c(cc4)c4ccccc4n5Cc4nncn4-c4c(C)cc(C(C)(C)C)cc4C)ccc3)cc2)cc1C.[Pt]. The fourth-order valence-electron chi connectivity index (χ4n) is 7.18. The third-order valence-corrected chi connectivity index (χ3v) is 10.1. The van der Waals surface area contributed by atoms with Crippen LogP contribution in [0.4, 0.5) is 0 Å². The summed E-state index contributed by atoms with van der Waals surface area (Å²) in [5, 5.41) is 11.3. The Bertz CT molecular complexity index is 2610. The van der Waals surface area contributed by atoms with Crippen LogP contribution in [0.3, 0.4) is 0 Å². The number of aryl methyl sites for hydroxylation is 5. The van der Waals surface area contributed by atoms with Crippen LogP contribution in [0.5, 0.6) is 11.5 Å². The van der Waals surface area contributed by atoms with E-state index in [-0.39, 0.29) is 26.5 Å². The van der Waals surface area contributed by atoms with Crippen molar-refractivity contribution >= 4 is 21.8 Å². The van der Waals surface area contributed by atoms with Crippen LogP contribution >= 0.6 is 0 Å². The molecular weight excluding hydrogens is 836 g/mol. The second kappa shape index (κ2) is 13.9. The fourth-order valence-corrected chi connectivity index (χ4v) is 7.18. The molecule has 0 radical (unpaired) electrons. The number of imidazole rings is 1. The van der Waals surface area contributed by atoms with Crippen LogP contribution in [0.15, 0.2) is 97.6 Å². The van der Waals surface area contributed by atoms with E-state index in [0.717, 1.165) is 44.7 Å². The molecule has 3 aromatic heterocycles. The quantitative estimate of drug-likeness (QED) is 0.119. The normalized spacial score (nSPS) is 11.7. The molecular formula is C45H42N6OPt-2. The number of rotatable bonds is 7. The van der Waals surface area contributed by atoms with E-state index in [1.807, 2.05) is 52.1 Å². The molecule has 8 rings (SSSR count). The Hall–Kier alpha value is -5.26. The van der Waals surface area contributed by atoms with E-state index in [1.165, 1.54) is 33.4 Å². The van der Waals surface area contributed by atoms with Crippen LogP contribution in [0.25, 0.3) is 38.9 Å². The first-order valence-electron chi connectivity index (χ1n) is 17.7. The zero-order valence-corrected chi connectivity index (χ0v) is 33.6. The molecule has 0 aliphatic rings. The summed E-state index contributed by atoms with van der Waals surface area (Å²) in [6, 6.07) is 34.5. The number of hydrogen-bond acceptors (Lipinski definition) is 3. The molecule has 0 saturated heterocycles.